The molecule has 2 aliphatic rings. The zero-order valence-corrected chi connectivity index (χ0v) is 17.2. The van der Waals surface area contributed by atoms with Crippen LogP contribution < -0.4 is 10.9 Å². The molecule has 1 atom stereocenters. The Balaban J connectivity index is 1.38. The van der Waals surface area contributed by atoms with Gasteiger partial charge in [0.25, 0.3) is 5.56 Å². The summed E-state index contributed by atoms with van der Waals surface area (Å²) in [6.45, 7) is 5.35. The number of hydrogen-bond acceptors (Lipinski definition) is 7. The van der Waals surface area contributed by atoms with Crippen LogP contribution in [-0.2, 0) is 18.7 Å². The van der Waals surface area contributed by atoms with Crippen LogP contribution in [0.25, 0.3) is 0 Å². The smallest absolute Gasteiger partial charge is 0.267 e. The Morgan fingerprint density at radius 3 is 3.14 bits per heavy atom. The van der Waals surface area contributed by atoms with E-state index < -0.39 is 0 Å². The Morgan fingerprint density at radius 2 is 2.25 bits per heavy atom. The normalized spacial score (nSPS) is 20.0. The molecule has 28 heavy (non-hydrogen) atoms. The summed E-state index contributed by atoms with van der Waals surface area (Å²) in [7, 11) is 0. The molecule has 0 bridgehead atoms. The van der Waals surface area contributed by atoms with Crippen molar-refractivity contribution in [1.29, 1.82) is 0 Å². The molecule has 0 saturated carbocycles. The highest BCUT2D eigenvalue weighted by atomic mass is 32.2. The maximum absolute atomic E-state index is 12.4. The lowest BCUT2D eigenvalue weighted by Gasteiger charge is -2.36. The highest BCUT2D eigenvalue weighted by Gasteiger charge is 2.22. The molecule has 4 rings (SSSR count). The molecule has 1 N–H and O–H groups in total. The van der Waals surface area contributed by atoms with Gasteiger partial charge in [-0.05, 0) is 43.7 Å². The molecule has 1 unspecified atom stereocenters. The summed E-state index contributed by atoms with van der Waals surface area (Å²) >= 11 is 1.88. The zero-order chi connectivity index (χ0) is 19.3. The van der Waals surface area contributed by atoms with Gasteiger partial charge in [-0.1, -0.05) is 6.42 Å². The van der Waals surface area contributed by atoms with Crippen molar-refractivity contribution >= 4 is 17.6 Å². The van der Waals surface area contributed by atoms with Gasteiger partial charge in [0, 0.05) is 43.6 Å². The van der Waals surface area contributed by atoms with Gasteiger partial charge in [-0.2, -0.15) is 16.9 Å². The molecular weight excluding hydrogens is 372 g/mol. The van der Waals surface area contributed by atoms with E-state index in [1.54, 1.807) is 16.9 Å². The molecule has 150 valence electrons. The second-order valence-corrected chi connectivity index (χ2v) is 8.64. The van der Waals surface area contributed by atoms with Crippen molar-refractivity contribution in [3.05, 3.63) is 45.8 Å². The fourth-order valence-corrected chi connectivity index (χ4v) is 4.95. The minimum absolute atomic E-state index is 0.0318. The molecule has 0 spiro atoms. The Hall–Kier alpha value is -1.93. The number of thioether (sulfide) groups is 1. The van der Waals surface area contributed by atoms with Crippen molar-refractivity contribution in [2.24, 2.45) is 0 Å². The number of nitrogens with zero attached hydrogens (tertiary/aromatic N) is 5. The van der Waals surface area contributed by atoms with Crippen LogP contribution in [0.2, 0.25) is 0 Å². The Kier molecular flexibility index (Phi) is 6.26. The quantitative estimate of drug-likeness (QED) is 0.796. The summed E-state index contributed by atoms with van der Waals surface area (Å²) in [6, 6.07) is 4.16. The number of aromatic nitrogens is 4. The Morgan fingerprint density at radius 1 is 1.32 bits per heavy atom. The number of aryl methyl sites for hydroxylation is 2. The monoisotopic (exact) mass is 400 g/mol. The molecule has 0 amide bonds. The van der Waals surface area contributed by atoms with Crippen LogP contribution in [0.1, 0.15) is 36.3 Å². The van der Waals surface area contributed by atoms with Crippen molar-refractivity contribution in [3.8, 4) is 0 Å². The summed E-state index contributed by atoms with van der Waals surface area (Å²) in [5.41, 5.74) is 2.26. The average molecular weight is 401 g/mol. The van der Waals surface area contributed by atoms with Gasteiger partial charge < -0.3 is 5.32 Å². The van der Waals surface area contributed by atoms with E-state index in [0.29, 0.717) is 12.6 Å². The summed E-state index contributed by atoms with van der Waals surface area (Å²) < 4.78 is 1.67. The first-order valence-corrected chi connectivity index (χ1v) is 11.3. The van der Waals surface area contributed by atoms with Crippen LogP contribution in [-0.4, -0.2) is 56.1 Å². The number of hydrogen-bond donors (Lipinski definition) is 1. The topological polar surface area (TPSA) is 75.9 Å². The van der Waals surface area contributed by atoms with Crippen molar-refractivity contribution in [3.63, 3.8) is 0 Å². The van der Waals surface area contributed by atoms with Gasteiger partial charge in [0.1, 0.15) is 11.6 Å². The lowest BCUT2D eigenvalue weighted by Crippen LogP contribution is -2.45. The maximum atomic E-state index is 12.4. The molecule has 1 saturated heterocycles. The minimum atomic E-state index is 0.0318. The van der Waals surface area contributed by atoms with Gasteiger partial charge in [-0.3, -0.25) is 9.69 Å². The summed E-state index contributed by atoms with van der Waals surface area (Å²) in [6.07, 6.45) is 6.39. The first-order valence-electron chi connectivity index (χ1n) is 10.1. The largest absolute Gasteiger partial charge is 0.368 e. The molecule has 2 aromatic heterocycles. The van der Waals surface area contributed by atoms with Crippen molar-refractivity contribution < 1.29 is 0 Å². The highest BCUT2D eigenvalue weighted by molar-refractivity contribution is 7.98. The second kappa shape index (κ2) is 9.05. The van der Waals surface area contributed by atoms with Gasteiger partial charge >= 0.3 is 0 Å². The molecule has 7 nitrogen and oxygen atoms in total. The fourth-order valence-electron chi connectivity index (χ4n) is 4.00. The third-order valence-corrected chi connectivity index (χ3v) is 6.56. The maximum Gasteiger partial charge on any atom is 0.267 e. The van der Waals surface area contributed by atoms with E-state index in [4.69, 9.17) is 0 Å². The zero-order valence-electron chi connectivity index (χ0n) is 16.4. The van der Waals surface area contributed by atoms with E-state index in [1.165, 1.54) is 19.3 Å². The number of fused-ring (bicyclic) bond motifs is 1. The van der Waals surface area contributed by atoms with Crippen LogP contribution in [0.5, 0.6) is 0 Å². The van der Waals surface area contributed by atoms with Crippen molar-refractivity contribution in [1.82, 2.24) is 24.6 Å². The van der Waals surface area contributed by atoms with Crippen molar-refractivity contribution in [2.75, 3.05) is 30.7 Å². The summed E-state index contributed by atoms with van der Waals surface area (Å²) in [5, 5.41) is 8.11. The van der Waals surface area contributed by atoms with Gasteiger partial charge in [0.05, 0.1) is 12.2 Å². The lowest BCUT2D eigenvalue weighted by molar-refractivity contribution is 0.147. The van der Waals surface area contributed by atoms with Crippen LogP contribution in [0, 0.1) is 6.92 Å². The Labute approximate surface area is 170 Å². The van der Waals surface area contributed by atoms with Gasteiger partial charge in [-0.25, -0.2) is 14.6 Å². The first kappa shape index (κ1) is 19.4. The minimum Gasteiger partial charge on any atom is -0.368 e. The van der Waals surface area contributed by atoms with Crippen LogP contribution >= 0.6 is 11.8 Å². The molecule has 2 aromatic rings. The molecular formula is C20H28N6OS. The van der Waals surface area contributed by atoms with Crippen LogP contribution in [0.4, 0.5) is 5.82 Å². The third kappa shape index (κ3) is 4.72. The highest BCUT2D eigenvalue weighted by Crippen LogP contribution is 2.21. The van der Waals surface area contributed by atoms with E-state index in [-0.39, 0.29) is 5.56 Å². The van der Waals surface area contributed by atoms with E-state index >= 15 is 0 Å². The standard InChI is InChI=1S/C20H28N6OS/c1-15-21-7-5-19(23-15)22-13-17-4-2-3-8-25(17)9-10-26-20(27)12-16-14-28-11-6-18(16)24-26/h5,7,12,17H,2-4,6,8-11,13-14H2,1H3,(H,21,22,23). The van der Waals surface area contributed by atoms with Crippen LogP contribution in [0.15, 0.2) is 23.1 Å². The van der Waals surface area contributed by atoms with Gasteiger partial charge in [-0.15, -0.1) is 0 Å². The molecule has 1 fully saturated rings. The van der Waals surface area contributed by atoms with Gasteiger partial charge in [0.15, 0.2) is 0 Å². The van der Waals surface area contributed by atoms with E-state index in [1.807, 2.05) is 24.8 Å². The third-order valence-electron chi connectivity index (χ3n) is 5.55. The number of nitrogens with one attached hydrogen (secondary N) is 1. The predicted molar refractivity (Wildman–Crippen MR) is 113 cm³/mol. The number of piperidine rings is 1. The molecule has 8 heteroatoms. The first-order chi connectivity index (χ1) is 13.7. The molecule has 0 aromatic carbocycles. The molecule has 0 radical (unpaired) electrons. The van der Waals surface area contributed by atoms with Crippen LogP contribution in [0.3, 0.4) is 0 Å². The lowest BCUT2D eigenvalue weighted by atomic mass is 10.0. The Bertz CT molecular complexity index is 870. The van der Waals surface area contributed by atoms with Gasteiger partial charge in [0.2, 0.25) is 0 Å². The van der Waals surface area contributed by atoms with E-state index in [2.05, 4.69) is 25.3 Å². The van der Waals surface area contributed by atoms with E-state index in [9.17, 15) is 4.79 Å². The average Bonchev–Trinajstić information content (AvgIpc) is 2.71. The number of anilines is 1. The predicted octanol–water partition coefficient (Wildman–Crippen LogP) is 2.10. The molecule has 2 aliphatic heterocycles. The SMILES string of the molecule is Cc1nccc(NCC2CCCCN2CCn2nc3c(cc2=O)CSCC3)n1. The molecule has 0 aliphatic carbocycles. The van der Waals surface area contributed by atoms with E-state index in [0.717, 1.165) is 60.5 Å². The number of likely N-dealkylation sites (tertiary alicyclic amines) is 1. The summed E-state index contributed by atoms with van der Waals surface area (Å²) in [4.78, 5) is 23.5. The second-order valence-electron chi connectivity index (χ2n) is 7.54. The molecule has 4 heterocycles. The number of rotatable bonds is 6. The summed E-state index contributed by atoms with van der Waals surface area (Å²) in [5.74, 6) is 3.67. The fraction of sp³-hybridized carbons (Fsp3) is 0.600. The van der Waals surface area contributed by atoms with Crippen molar-refractivity contribution in [2.45, 2.75) is 50.9 Å².